The van der Waals surface area contributed by atoms with Crippen LogP contribution in [0.2, 0.25) is 0 Å². The van der Waals surface area contributed by atoms with Gasteiger partial charge in [-0.2, -0.15) is 0 Å². The zero-order valence-corrected chi connectivity index (χ0v) is 20.7. The van der Waals surface area contributed by atoms with Crippen molar-refractivity contribution in [3.63, 3.8) is 0 Å². The lowest BCUT2D eigenvalue weighted by atomic mass is 10.1. The third-order valence-electron chi connectivity index (χ3n) is 3.91. The minimum Gasteiger partial charge on any atom is -0.383 e. The van der Waals surface area contributed by atoms with Crippen molar-refractivity contribution in [2.45, 2.75) is 66.3 Å². The van der Waals surface area contributed by atoms with E-state index >= 15 is 0 Å². The molecule has 1 heterocycles. The second kappa shape index (κ2) is 19.3. The normalized spacial score (nSPS) is 13.9. The van der Waals surface area contributed by atoms with Crippen LogP contribution in [-0.4, -0.2) is 53.2 Å². The zero-order chi connectivity index (χ0) is 24.4. The van der Waals surface area contributed by atoms with Gasteiger partial charge in [0.15, 0.2) is 9.03 Å². The number of rotatable bonds is 11. The predicted octanol–water partition coefficient (Wildman–Crippen LogP) is 1.83. The van der Waals surface area contributed by atoms with E-state index in [1.165, 1.54) is 16.8 Å². The molecule has 31 heavy (non-hydrogen) atoms. The van der Waals surface area contributed by atoms with Gasteiger partial charge in [0.25, 0.3) is 5.56 Å². The molecule has 0 amide bonds. The van der Waals surface area contributed by atoms with E-state index in [4.69, 9.17) is 24.6 Å². The summed E-state index contributed by atoms with van der Waals surface area (Å²) in [4.78, 5) is 42.7. The zero-order valence-electron chi connectivity index (χ0n) is 19.7. The first-order valence-electron chi connectivity index (χ1n) is 10.2. The Morgan fingerprint density at radius 3 is 2.16 bits per heavy atom. The molecular weight excluding hydrogens is 425 g/mol. The van der Waals surface area contributed by atoms with Crippen LogP contribution in [0.25, 0.3) is 0 Å². The summed E-state index contributed by atoms with van der Waals surface area (Å²) in [6.07, 6.45) is 2.24. The third-order valence-corrected chi connectivity index (χ3v) is 4.20. The van der Waals surface area contributed by atoms with Crippen molar-refractivity contribution in [1.29, 1.82) is 0 Å². The minimum atomic E-state index is -0.583. The van der Waals surface area contributed by atoms with Gasteiger partial charge >= 0.3 is 5.69 Å². The number of aldehydes is 1. The molecule has 0 aromatic carbocycles. The number of ether oxygens (including phenoxy) is 2. The van der Waals surface area contributed by atoms with Gasteiger partial charge in [0.1, 0.15) is 12.5 Å². The van der Waals surface area contributed by atoms with Crippen molar-refractivity contribution in [2.75, 3.05) is 20.3 Å². The highest BCUT2D eigenvalue weighted by molar-refractivity contribution is 7.24. The smallest absolute Gasteiger partial charge is 0.330 e. The first-order valence-corrected chi connectivity index (χ1v) is 11.1. The van der Waals surface area contributed by atoms with Gasteiger partial charge in [0.2, 0.25) is 0 Å². The molecule has 0 aliphatic heterocycles. The average Bonchev–Trinajstić information content (AvgIpc) is 2.71. The number of hydrogen-bond donors (Lipinski definition) is 3. The summed E-state index contributed by atoms with van der Waals surface area (Å²) in [5.41, 5.74) is 4.64. The Morgan fingerprint density at radius 2 is 1.81 bits per heavy atom. The van der Waals surface area contributed by atoms with Gasteiger partial charge in [-0.1, -0.05) is 34.6 Å². The van der Waals surface area contributed by atoms with Gasteiger partial charge in [-0.3, -0.25) is 14.3 Å². The minimum absolute atomic E-state index is 0.194. The molecule has 1 rings (SSSR count). The van der Waals surface area contributed by atoms with E-state index < -0.39 is 26.5 Å². The highest BCUT2D eigenvalue weighted by Crippen LogP contribution is 2.13. The molecule has 1 aromatic rings. The Labute approximate surface area is 186 Å². The molecule has 11 heteroatoms. The monoisotopic (exact) mass is 465 g/mol. The lowest BCUT2D eigenvalue weighted by Crippen LogP contribution is -2.33. The Bertz CT molecular complexity index is 679. The Hall–Kier alpha value is -1.42. The summed E-state index contributed by atoms with van der Waals surface area (Å²) in [5, 5.41) is 0. The number of nitrogens with two attached hydrogens (primary N) is 1. The molecule has 0 fully saturated rings. The number of aromatic amines is 1. The molecule has 0 spiro atoms. The van der Waals surface area contributed by atoms with E-state index in [0.29, 0.717) is 18.9 Å². The fourth-order valence-electron chi connectivity index (χ4n) is 1.83. The van der Waals surface area contributed by atoms with Gasteiger partial charge in [-0.15, -0.1) is 0 Å². The van der Waals surface area contributed by atoms with Crippen molar-refractivity contribution in [2.24, 2.45) is 17.6 Å². The van der Waals surface area contributed by atoms with Crippen molar-refractivity contribution >= 4 is 15.3 Å². The topological polar surface area (TPSA) is 146 Å². The van der Waals surface area contributed by atoms with Crippen LogP contribution in [0.1, 0.15) is 54.2 Å². The summed E-state index contributed by atoms with van der Waals surface area (Å²) in [7, 11) is 1.09. The summed E-state index contributed by atoms with van der Waals surface area (Å²) < 4.78 is 16.6. The SMILES string of the molecule is CC(C)C=O.CCC(COPO)OC(C)n1ccc(=O)[nH]c1=O.COCC(N)C(C)C. The maximum Gasteiger partial charge on any atom is 0.330 e. The first-order chi connectivity index (χ1) is 14.5. The van der Waals surface area contributed by atoms with Crippen LogP contribution in [0.5, 0.6) is 0 Å². The Balaban J connectivity index is 0. The first kappa shape index (κ1) is 31.8. The van der Waals surface area contributed by atoms with E-state index in [2.05, 4.69) is 18.8 Å². The molecule has 0 saturated carbocycles. The molecule has 0 aliphatic rings. The van der Waals surface area contributed by atoms with E-state index in [-0.39, 0.29) is 24.7 Å². The number of carbonyl (C=O) groups is 1. The van der Waals surface area contributed by atoms with Gasteiger partial charge in [-0.25, -0.2) is 4.79 Å². The number of nitrogens with one attached hydrogen (secondary N) is 1. The third kappa shape index (κ3) is 16.9. The van der Waals surface area contributed by atoms with E-state index in [0.717, 1.165) is 6.29 Å². The molecule has 0 bridgehead atoms. The molecule has 1 aromatic heterocycles. The van der Waals surface area contributed by atoms with E-state index in [1.54, 1.807) is 14.0 Å². The second-order valence-corrected chi connectivity index (χ2v) is 7.90. The van der Waals surface area contributed by atoms with Crippen molar-refractivity contribution < 1.29 is 23.7 Å². The quantitative estimate of drug-likeness (QED) is 0.331. The number of aromatic nitrogens is 2. The summed E-state index contributed by atoms with van der Waals surface area (Å²) in [5.74, 6) is 0.727. The maximum absolute atomic E-state index is 11.5. The molecule has 10 nitrogen and oxygen atoms in total. The van der Waals surface area contributed by atoms with Crippen LogP contribution >= 0.6 is 9.03 Å². The second-order valence-electron chi connectivity index (χ2n) is 7.43. The van der Waals surface area contributed by atoms with Gasteiger partial charge in [0.05, 0.1) is 19.3 Å². The average molecular weight is 466 g/mol. The highest BCUT2D eigenvalue weighted by atomic mass is 31.1. The fraction of sp³-hybridized carbons (Fsp3) is 0.750. The summed E-state index contributed by atoms with van der Waals surface area (Å²) >= 11 is 0. The predicted molar refractivity (Wildman–Crippen MR) is 123 cm³/mol. The number of hydrogen-bond acceptors (Lipinski definition) is 8. The number of H-pyrrole nitrogens is 1. The van der Waals surface area contributed by atoms with E-state index in [9.17, 15) is 14.4 Å². The van der Waals surface area contributed by atoms with Gasteiger partial charge < -0.3 is 29.4 Å². The number of methoxy groups -OCH3 is 1. The lowest BCUT2D eigenvalue weighted by molar-refractivity contribution is -0.110. The maximum atomic E-state index is 11.5. The molecule has 0 radical (unpaired) electrons. The largest absolute Gasteiger partial charge is 0.383 e. The van der Waals surface area contributed by atoms with Crippen LogP contribution < -0.4 is 17.0 Å². The van der Waals surface area contributed by atoms with Gasteiger partial charge in [0, 0.05) is 31.3 Å². The van der Waals surface area contributed by atoms with Crippen LogP contribution in [-0.2, 0) is 18.8 Å². The van der Waals surface area contributed by atoms with Crippen molar-refractivity contribution in [3.8, 4) is 0 Å². The van der Waals surface area contributed by atoms with Crippen LogP contribution in [0.3, 0.4) is 0 Å². The van der Waals surface area contributed by atoms with Gasteiger partial charge in [-0.05, 0) is 19.3 Å². The number of carbonyl (C=O) groups excluding carboxylic acids is 1. The number of nitrogens with zero attached hydrogens (tertiary/aromatic N) is 1. The van der Waals surface area contributed by atoms with Crippen molar-refractivity contribution in [1.82, 2.24) is 9.55 Å². The molecule has 4 unspecified atom stereocenters. The fourth-order valence-corrected chi connectivity index (χ4v) is 2.09. The summed E-state index contributed by atoms with van der Waals surface area (Å²) in [6.45, 7) is 12.4. The standard InChI is InChI=1S/C10H17N2O5P.C6H15NO.C4H8O/c1-3-8(6-16-18-15)17-7(2)12-5-4-9(13)11-10(12)14;1-5(2)6(7)4-8-3;1-4(2)3-5/h4-5,7-8,15,18H,3,6H2,1-2H3,(H,11,13,14);5-6H,4,7H2,1-3H3;3-4H,1-2H3. The molecule has 182 valence electrons. The van der Waals surface area contributed by atoms with Crippen molar-refractivity contribution in [3.05, 3.63) is 33.1 Å². The summed E-state index contributed by atoms with van der Waals surface area (Å²) in [6, 6.07) is 1.45. The Morgan fingerprint density at radius 1 is 1.23 bits per heavy atom. The van der Waals surface area contributed by atoms with Crippen LogP contribution in [0.4, 0.5) is 0 Å². The molecule has 4 N–H and O–H groups in total. The molecular formula is C20H40N3O7P. The van der Waals surface area contributed by atoms with E-state index in [1.807, 2.05) is 20.8 Å². The molecule has 4 atom stereocenters. The van der Waals surface area contributed by atoms with Crippen LogP contribution in [0.15, 0.2) is 21.9 Å². The Kier molecular flexibility index (Phi) is 19.8. The molecule has 0 saturated heterocycles. The lowest BCUT2D eigenvalue weighted by Gasteiger charge is -2.22. The molecule has 0 aliphatic carbocycles. The van der Waals surface area contributed by atoms with Crippen LogP contribution in [0, 0.1) is 11.8 Å². The highest BCUT2D eigenvalue weighted by Gasteiger charge is 2.14.